The molecule has 0 aromatic heterocycles. The van der Waals surface area contributed by atoms with Crippen molar-refractivity contribution >= 4 is 50.7 Å². The lowest BCUT2D eigenvalue weighted by Crippen LogP contribution is -2.51. The molecular weight excluding hydrogens is 549 g/mol. The molecule has 1 unspecified atom stereocenters. The molecule has 0 aliphatic heterocycles. The van der Waals surface area contributed by atoms with Gasteiger partial charge >= 0.3 is 0 Å². The monoisotopic (exact) mass is 577 g/mol. The molecule has 0 saturated carbocycles. The first kappa shape index (κ1) is 29.3. The van der Waals surface area contributed by atoms with E-state index in [1.807, 2.05) is 0 Å². The SMILES string of the molecule is CCC(C(=O)NC)N(Cc1ccccc1Cl)C(=O)CN(c1cc(Cl)ccc1OC)S(=O)(=O)c1ccccc1. The molecule has 38 heavy (non-hydrogen) atoms. The van der Waals surface area contributed by atoms with Gasteiger partial charge in [-0.1, -0.05) is 66.5 Å². The molecule has 0 bridgehead atoms. The van der Waals surface area contributed by atoms with Gasteiger partial charge in [0, 0.05) is 23.6 Å². The van der Waals surface area contributed by atoms with Crippen LogP contribution in [0.5, 0.6) is 5.75 Å². The number of nitrogens with zero attached hydrogens (tertiary/aromatic N) is 2. The second-order valence-electron chi connectivity index (χ2n) is 8.29. The normalized spacial score (nSPS) is 11.9. The van der Waals surface area contributed by atoms with E-state index in [0.717, 1.165) is 4.31 Å². The van der Waals surface area contributed by atoms with Gasteiger partial charge in [-0.3, -0.25) is 13.9 Å². The summed E-state index contributed by atoms with van der Waals surface area (Å²) < 4.78 is 34.1. The summed E-state index contributed by atoms with van der Waals surface area (Å²) in [6.45, 7) is 1.15. The molecule has 0 spiro atoms. The fourth-order valence-electron chi connectivity index (χ4n) is 3.99. The lowest BCUT2D eigenvalue weighted by Gasteiger charge is -2.33. The summed E-state index contributed by atoms with van der Waals surface area (Å²) in [6.07, 6.45) is 0.293. The second-order valence-corrected chi connectivity index (χ2v) is 11.0. The first-order chi connectivity index (χ1) is 18.1. The van der Waals surface area contributed by atoms with Crippen LogP contribution in [0.25, 0.3) is 0 Å². The number of anilines is 1. The Balaban J connectivity index is 2.13. The molecule has 202 valence electrons. The summed E-state index contributed by atoms with van der Waals surface area (Å²) in [5, 5.41) is 3.26. The minimum atomic E-state index is -4.25. The predicted octanol–water partition coefficient (Wildman–Crippen LogP) is 4.75. The van der Waals surface area contributed by atoms with Gasteiger partial charge in [0.1, 0.15) is 18.3 Å². The van der Waals surface area contributed by atoms with Crippen LogP contribution in [0.15, 0.2) is 77.7 Å². The third-order valence-electron chi connectivity index (χ3n) is 5.95. The molecule has 3 rings (SSSR count). The number of ether oxygens (including phenoxy) is 1. The van der Waals surface area contributed by atoms with E-state index in [2.05, 4.69) is 5.32 Å². The summed E-state index contributed by atoms with van der Waals surface area (Å²) in [5.74, 6) is -0.787. The summed E-state index contributed by atoms with van der Waals surface area (Å²) in [7, 11) is -1.38. The summed E-state index contributed by atoms with van der Waals surface area (Å²) in [5.41, 5.74) is 0.700. The van der Waals surface area contributed by atoms with Crippen LogP contribution >= 0.6 is 23.2 Å². The Morgan fingerprint density at radius 2 is 1.66 bits per heavy atom. The van der Waals surface area contributed by atoms with Crippen molar-refractivity contribution in [2.75, 3.05) is 25.0 Å². The number of amides is 2. The molecular formula is C27H29Cl2N3O5S. The molecule has 3 aromatic carbocycles. The van der Waals surface area contributed by atoms with Crippen molar-refractivity contribution in [1.29, 1.82) is 0 Å². The smallest absolute Gasteiger partial charge is 0.264 e. The summed E-state index contributed by atoms with van der Waals surface area (Å²) in [6, 6.07) is 18.3. The van der Waals surface area contributed by atoms with Crippen molar-refractivity contribution in [1.82, 2.24) is 10.2 Å². The minimum absolute atomic E-state index is 0.00363. The molecule has 0 fully saturated rings. The van der Waals surface area contributed by atoms with Crippen molar-refractivity contribution < 1.29 is 22.7 Å². The van der Waals surface area contributed by atoms with Gasteiger partial charge in [0.2, 0.25) is 11.8 Å². The van der Waals surface area contributed by atoms with Crippen molar-refractivity contribution in [3.8, 4) is 5.75 Å². The van der Waals surface area contributed by atoms with E-state index in [1.165, 1.54) is 43.3 Å². The van der Waals surface area contributed by atoms with Gasteiger partial charge in [0.05, 0.1) is 17.7 Å². The Bertz CT molecular complexity index is 1390. The van der Waals surface area contributed by atoms with E-state index in [9.17, 15) is 18.0 Å². The Hall–Kier alpha value is -3.27. The topological polar surface area (TPSA) is 96.0 Å². The standard InChI is InChI=1S/C27H29Cl2N3O5S/c1-4-23(27(34)30-2)31(17-19-10-8-9-13-22(19)29)26(33)18-32(24-16-20(28)14-15-25(24)37-3)38(35,36)21-11-6-5-7-12-21/h5-16,23H,4,17-18H2,1-3H3,(H,30,34). The van der Waals surface area contributed by atoms with Crippen molar-refractivity contribution in [2.24, 2.45) is 0 Å². The average molecular weight is 579 g/mol. The highest BCUT2D eigenvalue weighted by atomic mass is 35.5. The molecule has 11 heteroatoms. The largest absolute Gasteiger partial charge is 0.495 e. The third-order valence-corrected chi connectivity index (χ3v) is 8.33. The van der Waals surface area contributed by atoms with E-state index in [4.69, 9.17) is 27.9 Å². The highest BCUT2D eigenvalue weighted by Crippen LogP contribution is 2.35. The number of likely N-dealkylation sites (N-methyl/N-ethyl adjacent to an activating group) is 1. The molecule has 1 N–H and O–H groups in total. The maximum atomic E-state index is 13.9. The molecule has 8 nitrogen and oxygen atoms in total. The molecule has 0 heterocycles. The van der Waals surface area contributed by atoms with Gasteiger partial charge in [-0.05, 0) is 48.4 Å². The van der Waals surface area contributed by atoms with Crippen LogP contribution in [-0.2, 0) is 26.2 Å². The van der Waals surface area contributed by atoms with Gasteiger partial charge < -0.3 is 15.0 Å². The van der Waals surface area contributed by atoms with Crippen LogP contribution < -0.4 is 14.4 Å². The van der Waals surface area contributed by atoms with E-state index in [1.54, 1.807) is 55.5 Å². The first-order valence-corrected chi connectivity index (χ1v) is 14.0. The fourth-order valence-corrected chi connectivity index (χ4v) is 5.79. The summed E-state index contributed by atoms with van der Waals surface area (Å²) >= 11 is 12.6. The number of hydrogen-bond acceptors (Lipinski definition) is 5. The van der Waals surface area contributed by atoms with Gasteiger partial charge in [-0.25, -0.2) is 8.42 Å². The number of sulfonamides is 1. The summed E-state index contributed by atoms with van der Waals surface area (Å²) in [4.78, 5) is 28.0. The van der Waals surface area contributed by atoms with Crippen LogP contribution in [0.2, 0.25) is 10.0 Å². The van der Waals surface area contributed by atoms with Crippen LogP contribution in [0.1, 0.15) is 18.9 Å². The molecule has 0 radical (unpaired) electrons. The number of carbonyl (C=O) groups excluding carboxylic acids is 2. The lowest BCUT2D eigenvalue weighted by molar-refractivity contribution is -0.140. The highest BCUT2D eigenvalue weighted by Gasteiger charge is 2.34. The number of methoxy groups -OCH3 is 1. The van der Waals surface area contributed by atoms with Crippen LogP contribution in [0, 0.1) is 0 Å². The van der Waals surface area contributed by atoms with E-state index in [0.29, 0.717) is 17.0 Å². The highest BCUT2D eigenvalue weighted by molar-refractivity contribution is 7.92. The van der Waals surface area contributed by atoms with Crippen molar-refractivity contribution in [2.45, 2.75) is 30.8 Å². The minimum Gasteiger partial charge on any atom is -0.495 e. The molecule has 3 aromatic rings. The number of hydrogen-bond donors (Lipinski definition) is 1. The lowest BCUT2D eigenvalue weighted by atomic mass is 10.1. The van der Waals surface area contributed by atoms with E-state index in [-0.39, 0.29) is 33.8 Å². The zero-order valence-corrected chi connectivity index (χ0v) is 23.6. The maximum Gasteiger partial charge on any atom is 0.264 e. The second kappa shape index (κ2) is 13.0. The van der Waals surface area contributed by atoms with E-state index >= 15 is 0 Å². The molecule has 2 amide bonds. The van der Waals surface area contributed by atoms with Crippen molar-refractivity contribution in [3.05, 3.63) is 88.4 Å². The zero-order valence-electron chi connectivity index (χ0n) is 21.2. The molecule has 0 saturated heterocycles. The van der Waals surface area contributed by atoms with Crippen LogP contribution in [0.3, 0.4) is 0 Å². The number of carbonyl (C=O) groups is 2. The van der Waals surface area contributed by atoms with Gasteiger partial charge in [0.25, 0.3) is 10.0 Å². The molecule has 0 aliphatic rings. The van der Waals surface area contributed by atoms with Crippen molar-refractivity contribution in [3.63, 3.8) is 0 Å². The van der Waals surface area contributed by atoms with Crippen LogP contribution in [0.4, 0.5) is 5.69 Å². The Morgan fingerprint density at radius 1 is 1.00 bits per heavy atom. The fraction of sp³-hybridized carbons (Fsp3) is 0.259. The zero-order chi connectivity index (χ0) is 27.9. The Labute approximate surface area is 233 Å². The number of rotatable bonds is 11. The maximum absolute atomic E-state index is 13.9. The predicted molar refractivity (Wildman–Crippen MR) is 149 cm³/mol. The molecule has 0 aliphatic carbocycles. The third kappa shape index (κ3) is 6.59. The van der Waals surface area contributed by atoms with E-state index < -0.39 is 28.5 Å². The molecule has 1 atom stereocenters. The Morgan fingerprint density at radius 3 is 2.26 bits per heavy atom. The average Bonchev–Trinajstić information content (AvgIpc) is 2.92. The first-order valence-electron chi connectivity index (χ1n) is 11.8. The number of nitrogens with one attached hydrogen (secondary N) is 1. The number of benzene rings is 3. The van der Waals surface area contributed by atoms with Crippen LogP contribution in [-0.4, -0.2) is 51.9 Å². The van der Waals surface area contributed by atoms with Gasteiger partial charge in [-0.15, -0.1) is 0 Å². The Kier molecular flexibility index (Phi) is 10.0. The van der Waals surface area contributed by atoms with Gasteiger partial charge in [-0.2, -0.15) is 0 Å². The quantitative estimate of drug-likeness (QED) is 0.354. The number of halogens is 2. The van der Waals surface area contributed by atoms with Gasteiger partial charge in [0.15, 0.2) is 0 Å².